The van der Waals surface area contributed by atoms with Gasteiger partial charge in [-0.2, -0.15) is 0 Å². The lowest BCUT2D eigenvalue weighted by Crippen LogP contribution is -2.48. The lowest BCUT2D eigenvalue weighted by Gasteiger charge is -2.33. The number of benzene rings is 1. The molecule has 8 heteroatoms. The molecule has 25 heavy (non-hydrogen) atoms. The number of amides is 2. The van der Waals surface area contributed by atoms with Crippen molar-refractivity contribution in [3.63, 3.8) is 0 Å². The van der Waals surface area contributed by atoms with Gasteiger partial charge in [0.1, 0.15) is 11.9 Å². The van der Waals surface area contributed by atoms with Crippen molar-refractivity contribution >= 4 is 12.0 Å². The first-order chi connectivity index (χ1) is 12.2. The summed E-state index contributed by atoms with van der Waals surface area (Å²) in [6.07, 6.45) is 3.06. The van der Waals surface area contributed by atoms with Gasteiger partial charge in [0.2, 0.25) is 5.95 Å². The molecule has 2 aromatic rings. The summed E-state index contributed by atoms with van der Waals surface area (Å²) < 4.78 is 18.7. The Morgan fingerprint density at radius 3 is 2.76 bits per heavy atom. The molecular formula is C17H20FN5O2. The maximum Gasteiger partial charge on any atom is 0.317 e. The van der Waals surface area contributed by atoms with E-state index in [1.54, 1.807) is 35.5 Å². The number of carbonyl (C=O) groups excluding carboxylic acids is 1. The third kappa shape index (κ3) is 4.87. The largest absolute Gasteiger partial charge is 0.370 e. The van der Waals surface area contributed by atoms with Gasteiger partial charge in [-0.3, -0.25) is 0 Å². The first-order valence-corrected chi connectivity index (χ1v) is 8.13. The maximum atomic E-state index is 13.0. The molecule has 7 nitrogen and oxygen atoms in total. The van der Waals surface area contributed by atoms with Gasteiger partial charge in [-0.25, -0.2) is 19.2 Å². The summed E-state index contributed by atoms with van der Waals surface area (Å²) in [7, 11) is 0. The lowest BCUT2D eigenvalue weighted by atomic mass is 10.1. The van der Waals surface area contributed by atoms with Crippen LogP contribution in [0.5, 0.6) is 0 Å². The smallest absolute Gasteiger partial charge is 0.317 e. The highest BCUT2D eigenvalue weighted by Crippen LogP contribution is 2.22. The van der Waals surface area contributed by atoms with Crippen molar-refractivity contribution in [2.24, 2.45) is 0 Å². The van der Waals surface area contributed by atoms with E-state index >= 15 is 0 Å². The van der Waals surface area contributed by atoms with Crippen LogP contribution < -0.4 is 10.6 Å². The fraction of sp³-hybridized carbons (Fsp3) is 0.353. The van der Waals surface area contributed by atoms with E-state index in [1.165, 1.54) is 12.1 Å². The Labute approximate surface area is 145 Å². The lowest BCUT2D eigenvalue weighted by molar-refractivity contribution is -0.0154. The normalized spacial score (nSPS) is 17.2. The van der Waals surface area contributed by atoms with Crippen molar-refractivity contribution < 1.29 is 13.9 Å². The quantitative estimate of drug-likeness (QED) is 0.808. The zero-order valence-electron chi connectivity index (χ0n) is 13.7. The minimum Gasteiger partial charge on any atom is -0.370 e. The van der Waals surface area contributed by atoms with Gasteiger partial charge in [0, 0.05) is 32.0 Å². The molecule has 0 radical (unpaired) electrons. The maximum absolute atomic E-state index is 13.0. The average molecular weight is 345 g/mol. The van der Waals surface area contributed by atoms with Gasteiger partial charge in [-0.1, -0.05) is 12.1 Å². The first-order valence-electron chi connectivity index (χ1n) is 8.13. The Kier molecular flexibility index (Phi) is 5.73. The molecule has 0 spiro atoms. The molecule has 2 N–H and O–H groups in total. The van der Waals surface area contributed by atoms with Gasteiger partial charge < -0.3 is 20.3 Å². The standard InChI is InChI=1S/C17H20FN5O2/c18-14-4-2-13(3-5-14)15-12-23(10-11-25-15)17(24)22-9-8-21-16-19-6-1-7-20-16/h1-7,15H,8-12H2,(H,22,24)(H,19,20,21). The molecule has 0 bridgehead atoms. The Bertz CT molecular complexity index is 683. The predicted molar refractivity (Wildman–Crippen MR) is 90.6 cm³/mol. The van der Waals surface area contributed by atoms with Crippen LogP contribution in [0.3, 0.4) is 0 Å². The highest BCUT2D eigenvalue weighted by molar-refractivity contribution is 5.74. The van der Waals surface area contributed by atoms with Crippen LogP contribution >= 0.6 is 0 Å². The van der Waals surface area contributed by atoms with Crippen LogP contribution in [0.1, 0.15) is 11.7 Å². The third-order valence-electron chi connectivity index (χ3n) is 3.85. The number of rotatable bonds is 5. The number of nitrogens with zero attached hydrogens (tertiary/aromatic N) is 3. The number of hydrogen-bond acceptors (Lipinski definition) is 5. The fourth-order valence-electron chi connectivity index (χ4n) is 2.56. The van der Waals surface area contributed by atoms with Crippen LogP contribution in [0.2, 0.25) is 0 Å². The van der Waals surface area contributed by atoms with Crippen LogP contribution in [0.15, 0.2) is 42.7 Å². The molecule has 2 amide bonds. The van der Waals surface area contributed by atoms with E-state index in [0.29, 0.717) is 38.7 Å². The number of anilines is 1. The van der Waals surface area contributed by atoms with Crippen molar-refractivity contribution in [3.8, 4) is 0 Å². The first kappa shape index (κ1) is 17.1. The van der Waals surface area contributed by atoms with Crippen molar-refractivity contribution in [1.82, 2.24) is 20.2 Å². The summed E-state index contributed by atoms with van der Waals surface area (Å²) in [6, 6.07) is 7.76. The molecule has 1 aliphatic heterocycles. The summed E-state index contributed by atoms with van der Waals surface area (Å²) >= 11 is 0. The van der Waals surface area contributed by atoms with E-state index < -0.39 is 0 Å². The van der Waals surface area contributed by atoms with Gasteiger partial charge in [-0.05, 0) is 23.8 Å². The predicted octanol–water partition coefficient (Wildman–Crippen LogP) is 1.81. The molecule has 3 rings (SSSR count). The van der Waals surface area contributed by atoms with Gasteiger partial charge in [0.15, 0.2) is 0 Å². The van der Waals surface area contributed by atoms with Gasteiger partial charge >= 0.3 is 6.03 Å². The highest BCUT2D eigenvalue weighted by atomic mass is 19.1. The van der Waals surface area contributed by atoms with E-state index in [9.17, 15) is 9.18 Å². The van der Waals surface area contributed by atoms with E-state index in [-0.39, 0.29) is 18.0 Å². The van der Waals surface area contributed by atoms with Crippen LogP contribution in [0.4, 0.5) is 15.1 Å². The number of halogens is 1. The Morgan fingerprint density at radius 2 is 2.00 bits per heavy atom. The topological polar surface area (TPSA) is 79.4 Å². The second-order valence-electron chi connectivity index (χ2n) is 5.59. The molecule has 1 atom stereocenters. The van der Waals surface area contributed by atoms with Crippen LogP contribution in [-0.4, -0.2) is 53.7 Å². The minimum atomic E-state index is -0.288. The zero-order chi connectivity index (χ0) is 17.5. The number of hydrogen-bond donors (Lipinski definition) is 2. The summed E-state index contributed by atoms with van der Waals surface area (Å²) in [4.78, 5) is 22.1. The van der Waals surface area contributed by atoms with Crippen molar-refractivity contribution in [1.29, 1.82) is 0 Å². The summed E-state index contributed by atoms with van der Waals surface area (Å²) in [5.74, 6) is 0.239. The molecule has 0 aliphatic carbocycles. The molecule has 1 aromatic carbocycles. The van der Waals surface area contributed by atoms with E-state index in [0.717, 1.165) is 5.56 Å². The van der Waals surface area contributed by atoms with Gasteiger partial charge in [0.05, 0.1) is 13.2 Å². The second kappa shape index (κ2) is 8.39. The average Bonchev–Trinajstić information content (AvgIpc) is 2.66. The molecule has 1 aromatic heterocycles. The molecule has 0 saturated carbocycles. The van der Waals surface area contributed by atoms with Crippen molar-refractivity contribution in [2.45, 2.75) is 6.10 Å². The molecule has 1 saturated heterocycles. The molecule has 1 aliphatic rings. The molecular weight excluding hydrogens is 325 g/mol. The van der Waals surface area contributed by atoms with Gasteiger partial charge in [0.25, 0.3) is 0 Å². The second-order valence-corrected chi connectivity index (χ2v) is 5.59. The highest BCUT2D eigenvalue weighted by Gasteiger charge is 2.25. The minimum absolute atomic E-state index is 0.147. The fourth-order valence-corrected chi connectivity index (χ4v) is 2.56. The Morgan fingerprint density at radius 1 is 1.24 bits per heavy atom. The molecule has 1 unspecified atom stereocenters. The number of aromatic nitrogens is 2. The van der Waals surface area contributed by atoms with Crippen LogP contribution in [0, 0.1) is 5.82 Å². The third-order valence-corrected chi connectivity index (χ3v) is 3.85. The summed E-state index contributed by atoms with van der Waals surface area (Å²) in [6.45, 7) is 2.40. The molecule has 132 valence electrons. The Balaban J connectivity index is 1.44. The zero-order valence-corrected chi connectivity index (χ0v) is 13.7. The van der Waals surface area contributed by atoms with Crippen LogP contribution in [-0.2, 0) is 4.74 Å². The monoisotopic (exact) mass is 345 g/mol. The summed E-state index contributed by atoms with van der Waals surface area (Å²) in [5.41, 5.74) is 0.863. The number of nitrogens with one attached hydrogen (secondary N) is 2. The number of ether oxygens (including phenoxy) is 1. The van der Waals surface area contributed by atoms with Crippen molar-refractivity contribution in [2.75, 3.05) is 38.1 Å². The molecule has 2 heterocycles. The van der Waals surface area contributed by atoms with Crippen LogP contribution in [0.25, 0.3) is 0 Å². The number of carbonyl (C=O) groups is 1. The van der Waals surface area contributed by atoms with E-state index in [4.69, 9.17) is 4.74 Å². The molecule has 1 fully saturated rings. The SMILES string of the molecule is O=C(NCCNc1ncccn1)N1CCOC(c2ccc(F)cc2)C1. The summed E-state index contributed by atoms with van der Waals surface area (Å²) in [5, 5.41) is 5.88. The van der Waals surface area contributed by atoms with Crippen molar-refractivity contribution in [3.05, 3.63) is 54.1 Å². The number of urea groups is 1. The van der Waals surface area contributed by atoms with E-state index in [1.807, 2.05) is 0 Å². The van der Waals surface area contributed by atoms with Gasteiger partial charge in [-0.15, -0.1) is 0 Å². The number of morpholine rings is 1. The Hall–Kier alpha value is -2.74. The van der Waals surface area contributed by atoms with E-state index in [2.05, 4.69) is 20.6 Å².